The van der Waals surface area contributed by atoms with E-state index in [1.165, 1.54) is 78.3 Å². The number of rotatable bonds is 12. The predicted molar refractivity (Wildman–Crippen MR) is 141 cm³/mol. The molecule has 0 unspecified atom stereocenters. The van der Waals surface area contributed by atoms with Gasteiger partial charge in [0, 0.05) is 24.0 Å². The van der Waals surface area contributed by atoms with Crippen molar-refractivity contribution in [3.05, 3.63) is 71.6 Å². The molecule has 0 spiro atoms. The summed E-state index contributed by atoms with van der Waals surface area (Å²) in [7, 11) is 2.61. The first kappa shape index (κ1) is 28.9. The smallest absolute Gasteiger partial charge is 0.266 e. The number of hydrogen-bond acceptors (Lipinski definition) is 10. The Labute approximate surface area is 225 Å². The number of ketones is 1. The van der Waals surface area contributed by atoms with Crippen LogP contribution >= 0.6 is 0 Å². The fourth-order valence-corrected chi connectivity index (χ4v) is 4.49. The van der Waals surface area contributed by atoms with Crippen LogP contribution in [0.2, 0.25) is 0 Å². The average Bonchev–Trinajstić information content (AvgIpc) is 2.97. The quantitative estimate of drug-likeness (QED) is 0.193. The Morgan fingerprint density at radius 1 is 0.795 bits per heavy atom. The summed E-state index contributed by atoms with van der Waals surface area (Å²) in [6.07, 6.45) is 5.51. The van der Waals surface area contributed by atoms with Crippen LogP contribution < -0.4 is 33.9 Å². The number of nitrogens with one attached hydrogen (secondary N) is 2. The van der Waals surface area contributed by atoms with Gasteiger partial charge in [-0.05, 0) is 42.0 Å². The number of nitrogens with zero attached hydrogens (tertiary/aromatic N) is 1. The molecule has 0 aliphatic rings. The number of sulfonamides is 1. The summed E-state index contributed by atoms with van der Waals surface area (Å²) in [6.45, 7) is 0. The van der Waals surface area contributed by atoms with Gasteiger partial charge in [-0.2, -0.15) is 0 Å². The van der Waals surface area contributed by atoms with E-state index in [2.05, 4.69) is 10.4 Å². The molecule has 1 heterocycles. The van der Waals surface area contributed by atoms with Gasteiger partial charge in [-0.25, -0.2) is 8.42 Å². The molecular formula is C26H27N3O9S. The van der Waals surface area contributed by atoms with E-state index >= 15 is 0 Å². The first-order chi connectivity index (χ1) is 18.7. The number of hydrazine groups is 1. The lowest BCUT2D eigenvalue weighted by Gasteiger charge is -2.15. The monoisotopic (exact) mass is 557 g/mol. The second-order valence-corrected chi connectivity index (χ2v) is 9.31. The van der Waals surface area contributed by atoms with Gasteiger partial charge in [0.1, 0.15) is 16.4 Å². The van der Waals surface area contributed by atoms with Crippen LogP contribution in [-0.2, 0) is 10.0 Å². The van der Waals surface area contributed by atoms with Gasteiger partial charge in [0.2, 0.25) is 5.75 Å². The fraction of sp³-hybridized carbons (Fsp3) is 0.192. The summed E-state index contributed by atoms with van der Waals surface area (Å²) < 4.78 is 52.6. The number of carbonyl (C=O) groups is 2. The number of methoxy groups -OCH3 is 5. The SMILES string of the molecule is COc1cc(OC)c(S(=O)(=O)NNC(=O)c2ccncc2)cc1C(=O)/C=C/c1cc(OC)c(OC)c(OC)c1. The van der Waals surface area contributed by atoms with Gasteiger partial charge in [0.25, 0.3) is 15.9 Å². The van der Waals surface area contributed by atoms with Crippen LogP contribution in [0.4, 0.5) is 0 Å². The largest absolute Gasteiger partial charge is 0.496 e. The van der Waals surface area contributed by atoms with E-state index in [-0.39, 0.29) is 22.6 Å². The van der Waals surface area contributed by atoms with Crippen molar-refractivity contribution in [3.63, 3.8) is 0 Å². The second kappa shape index (κ2) is 12.8. The molecule has 0 atom stereocenters. The molecule has 3 aromatic rings. The van der Waals surface area contributed by atoms with Gasteiger partial charge in [0.15, 0.2) is 17.3 Å². The van der Waals surface area contributed by atoms with E-state index in [0.717, 1.165) is 6.07 Å². The minimum absolute atomic E-state index is 0.0668. The number of ether oxygens (including phenoxy) is 5. The molecule has 2 N–H and O–H groups in total. The van der Waals surface area contributed by atoms with E-state index < -0.39 is 26.6 Å². The predicted octanol–water partition coefficient (Wildman–Crippen LogP) is 2.64. The summed E-state index contributed by atoms with van der Waals surface area (Å²) in [5.41, 5.74) is 2.79. The van der Waals surface area contributed by atoms with Crippen LogP contribution in [0.15, 0.2) is 59.8 Å². The van der Waals surface area contributed by atoms with E-state index in [0.29, 0.717) is 22.8 Å². The summed E-state index contributed by atoms with van der Waals surface area (Å²) in [5.74, 6) is -0.149. The topological polar surface area (TPSA) is 151 Å². The maximum Gasteiger partial charge on any atom is 0.266 e. The lowest BCUT2D eigenvalue weighted by molar-refractivity contribution is 0.0944. The lowest BCUT2D eigenvalue weighted by Crippen LogP contribution is -2.41. The normalized spacial score (nSPS) is 11.1. The molecule has 39 heavy (non-hydrogen) atoms. The fourth-order valence-electron chi connectivity index (χ4n) is 3.48. The molecular weight excluding hydrogens is 530 g/mol. The third-order valence-corrected chi connectivity index (χ3v) is 6.67. The molecule has 1 aromatic heterocycles. The van der Waals surface area contributed by atoms with Crippen molar-refractivity contribution in [3.8, 4) is 28.7 Å². The molecule has 1 amide bonds. The highest BCUT2D eigenvalue weighted by Gasteiger charge is 2.25. The van der Waals surface area contributed by atoms with Gasteiger partial charge in [-0.1, -0.05) is 6.08 Å². The molecule has 13 heteroatoms. The zero-order valence-electron chi connectivity index (χ0n) is 21.8. The second-order valence-electron chi connectivity index (χ2n) is 7.66. The molecule has 0 saturated heterocycles. The number of pyridine rings is 1. The Bertz CT molecular complexity index is 1470. The molecule has 0 aliphatic carbocycles. The van der Waals surface area contributed by atoms with Crippen LogP contribution in [0.1, 0.15) is 26.3 Å². The first-order valence-corrected chi connectivity index (χ1v) is 12.7. The van der Waals surface area contributed by atoms with Crippen LogP contribution in [0.5, 0.6) is 28.7 Å². The third-order valence-electron chi connectivity index (χ3n) is 5.40. The van der Waals surface area contributed by atoms with Crippen LogP contribution in [0, 0.1) is 0 Å². The van der Waals surface area contributed by atoms with Gasteiger partial charge in [0.05, 0.1) is 41.1 Å². The maximum atomic E-state index is 13.2. The van der Waals surface area contributed by atoms with Crippen LogP contribution in [0.3, 0.4) is 0 Å². The minimum Gasteiger partial charge on any atom is -0.496 e. The Morgan fingerprint density at radius 3 is 1.92 bits per heavy atom. The van der Waals surface area contributed by atoms with Gasteiger partial charge >= 0.3 is 0 Å². The molecule has 0 radical (unpaired) electrons. The van der Waals surface area contributed by atoms with Crippen molar-refractivity contribution in [2.45, 2.75) is 4.90 Å². The summed E-state index contributed by atoms with van der Waals surface area (Å²) in [6, 6.07) is 8.47. The highest BCUT2D eigenvalue weighted by molar-refractivity contribution is 7.89. The van der Waals surface area contributed by atoms with E-state index in [1.54, 1.807) is 12.1 Å². The summed E-state index contributed by atoms with van der Waals surface area (Å²) >= 11 is 0. The minimum atomic E-state index is -4.38. The van der Waals surface area contributed by atoms with Crippen LogP contribution in [-0.4, -0.2) is 60.6 Å². The Hall–Kier alpha value is -4.62. The summed E-state index contributed by atoms with van der Waals surface area (Å²) in [5, 5.41) is 0. The lowest BCUT2D eigenvalue weighted by atomic mass is 10.1. The summed E-state index contributed by atoms with van der Waals surface area (Å²) in [4.78, 5) is 30.9. The van der Waals surface area contributed by atoms with Gasteiger partial charge < -0.3 is 23.7 Å². The zero-order chi connectivity index (χ0) is 28.6. The molecule has 0 bridgehead atoms. The number of benzene rings is 2. The molecule has 2 aromatic carbocycles. The maximum absolute atomic E-state index is 13.2. The van der Waals surface area contributed by atoms with Crippen molar-refractivity contribution in [1.29, 1.82) is 0 Å². The number of aromatic nitrogens is 1. The molecule has 0 aliphatic heterocycles. The Balaban J connectivity index is 1.94. The van der Waals surface area contributed by atoms with E-state index in [4.69, 9.17) is 23.7 Å². The van der Waals surface area contributed by atoms with Crippen molar-refractivity contribution < 1.29 is 41.7 Å². The van der Waals surface area contributed by atoms with E-state index in [1.807, 2.05) is 4.83 Å². The molecule has 0 saturated carbocycles. The number of carbonyl (C=O) groups excluding carboxylic acids is 2. The average molecular weight is 558 g/mol. The molecule has 0 fully saturated rings. The Morgan fingerprint density at radius 2 is 1.38 bits per heavy atom. The van der Waals surface area contributed by atoms with Crippen molar-refractivity contribution in [2.24, 2.45) is 0 Å². The third kappa shape index (κ3) is 6.64. The standard InChI is InChI=1S/C26H27N3O9S/c1-34-20-15-21(35-2)24(39(32,33)29-28-26(31)17-8-10-27-11-9-17)14-18(20)19(30)7-6-16-12-22(36-3)25(38-5)23(13-16)37-4/h6-15,29H,1-5H3,(H,28,31)/b7-6+. The first-order valence-electron chi connectivity index (χ1n) is 11.2. The van der Waals surface area contributed by atoms with Crippen molar-refractivity contribution in [2.75, 3.05) is 35.5 Å². The van der Waals surface area contributed by atoms with Crippen LogP contribution in [0.25, 0.3) is 6.08 Å². The highest BCUT2D eigenvalue weighted by atomic mass is 32.2. The molecule has 12 nitrogen and oxygen atoms in total. The number of amides is 1. The van der Waals surface area contributed by atoms with Crippen molar-refractivity contribution in [1.82, 2.24) is 15.2 Å². The number of hydrogen-bond donors (Lipinski definition) is 2. The van der Waals surface area contributed by atoms with Gasteiger partial charge in [-0.15, -0.1) is 4.83 Å². The molecule has 3 rings (SSSR count). The zero-order valence-corrected chi connectivity index (χ0v) is 22.6. The number of allylic oxidation sites excluding steroid dienone is 1. The highest BCUT2D eigenvalue weighted by Crippen LogP contribution is 2.38. The molecule has 206 valence electrons. The van der Waals surface area contributed by atoms with Crippen molar-refractivity contribution >= 4 is 27.8 Å². The van der Waals surface area contributed by atoms with Gasteiger partial charge in [-0.3, -0.25) is 20.0 Å². The Kier molecular flexibility index (Phi) is 9.47. The van der Waals surface area contributed by atoms with E-state index in [9.17, 15) is 18.0 Å².